The van der Waals surface area contributed by atoms with Gasteiger partial charge in [-0.1, -0.05) is 29.3 Å². The number of hydrogen-bond donors (Lipinski definition) is 1. The van der Waals surface area contributed by atoms with E-state index in [9.17, 15) is 9.59 Å². The minimum absolute atomic E-state index is 0.0424. The van der Waals surface area contributed by atoms with Crippen molar-refractivity contribution in [2.24, 2.45) is 0 Å². The smallest absolute Gasteiger partial charge is 0.341 e. The summed E-state index contributed by atoms with van der Waals surface area (Å²) in [6, 6.07) is 12.0. The van der Waals surface area contributed by atoms with Crippen LogP contribution in [0.3, 0.4) is 0 Å². The van der Waals surface area contributed by atoms with Crippen LogP contribution >= 0.6 is 23.2 Å². The molecule has 5 nitrogen and oxygen atoms in total. The Bertz CT molecular complexity index is 756. The first-order chi connectivity index (χ1) is 11.8. The molecule has 7 heteroatoms. The lowest BCUT2D eigenvalue weighted by atomic mass is 10.2. The second-order valence-corrected chi connectivity index (χ2v) is 6.39. The summed E-state index contributed by atoms with van der Waals surface area (Å²) in [6.45, 7) is 1.48. The molecule has 1 N–H and O–H groups in total. The maximum absolute atomic E-state index is 12.2. The fraction of sp³-hybridized carbons (Fsp3) is 0.222. The van der Waals surface area contributed by atoms with E-state index in [0.29, 0.717) is 5.69 Å². The number of esters is 1. The monoisotopic (exact) mass is 380 g/mol. The van der Waals surface area contributed by atoms with Crippen LogP contribution in [0, 0.1) is 0 Å². The average Bonchev–Trinajstić information content (AvgIpc) is 2.55. The highest BCUT2D eigenvalue weighted by Gasteiger charge is 2.22. The summed E-state index contributed by atoms with van der Waals surface area (Å²) < 4.78 is 5.17. The van der Waals surface area contributed by atoms with Crippen LogP contribution in [0.25, 0.3) is 0 Å². The first kappa shape index (κ1) is 19.1. The van der Waals surface area contributed by atoms with Crippen molar-refractivity contribution >= 4 is 46.5 Å². The molecule has 0 aliphatic rings. The van der Waals surface area contributed by atoms with E-state index < -0.39 is 18.0 Å². The van der Waals surface area contributed by atoms with Crippen molar-refractivity contribution in [1.82, 2.24) is 0 Å². The summed E-state index contributed by atoms with van der Waals surface area (Å²) in [7, 11) is 3.85. The van der Waals surface area contributed by atoms with Gasteiger partial charge in [-0.25, -0.2) is 4.79 Å². The summed E-state index contributed by atoms with van der Waals surface area (Å²) in [4.78, 5) is 26.3. The molecular formula is C18H18Cl2N2O3. The van der Waals surface area contributed by atoms with Gasteiger partial charge in [0.15, 0.2) is 6.10 Å². The van der Waals surface area contributed by atoms with E-state index in [0.717, 1.165) is 5.69 Å². The van der Waals surface area contributed by atoms with E-state index >= 15 is 0 Å². The van der Waals surface area contributed by atoms with E-state index in [1.54, 1.807) is 18.2 Å². The molecule has 0 spiro atoms. The van der Waals surface area contributed by atoms with Crippen LogP contribution < -0.4 is 10.2 Å². The van der Waals surface area contributed by atoms with Gasteiger partial charge in [0.2, 0.25) is 0 Å². The molecule has 0 aromatic heterocycles. The van der Waals surface area contributed by atoms with Gasteiger partial charge in [-0.3, -0.25) is 4.79 Å². The number of halogens is 2. The normalized spacial score (nSPS) is 11.6. The van der Waals surface area contributed by atoms with Crippen LogP contribution in [0.5, 0.6) is 0 Å². The standard InChI is InChI=1S/C18H18Cl2N2O3/c1-11(25-18(24)16-14(19)5-4-6-15(16)20)17(23)21-12-7-9-13(10-8-12)22(2)3/h4-11H,1-3H3,(H,21,23)/t11-/m0/s1. The highest BCUT2D eigenvalue weighted by molar-refractivity contribution is 6.39. The predicted octanol–water partition coefficient (Wildman–Crippen LogP) is 4.24. The van der Waals surface area contributed by atoms with Gasteiger partial charge in [0.1, 0.15) is 0 Å². The summed E-state index contributed by atoms with van der Waals surface area (Å²) in [5.74, 6) is -1.20. The number of anilines is 2. The molecular weight excluding hydrogens is 363 g/mol. The van der Waals surface area contributed by atoms with Crippen LogP contribution in [0.2, 0.25) is 10.0 Å². The third-order valence-corrected chi connectivity index (χ3v) is 4.10. The topological polar surface area (TPSA) is 58.6 Å². The van der Waals surface area contributed by atoms with Gasteiger partial charge >= 0.3 is 5.97 Å². The SMILES string of the molecule is C[C@H](OC(=O)c1c(Cl)cccc1Cl)C(=O)Nc1ccc(N(C)C)cc1. The number of benzene rings is 2. The van der Waals surface area contributed by atoms with Crippen molar-refractivity contribution in [3.63, 3.8) is 0 Å². The Labute approximate surface area is 156 Å². The fourth-order valence-electron chi connectivity index (χ4n) is 2.05. The van der Waals surface area contributed by atoms with Crippen molar-refractivity contribution in [2.75, 3.05) is 24.3 Å². The van der Waals surface area contributed by atoms with Crippen molar-refractivity contribution in [2.45, 2.75) is 13.0 Å². The Kier molecular flexibility index (Phi) is 6.28. The molecule has 1 amide bonds. The van der Waals surface area contributed by atoms with E-state index in [-0.39, 0.29) is 15.6 Å². The van der Waals surface area contributed by atoms with E-state index in [1.807, 2.05) is 31.1 Å². The molecule has 2 rings (SSSR count). The number of nitrogens with one attached hydrogen (secondary N) is 1. The van der Waals surface area contributed by atoms with Crippen LogP contribution in [-0.4, -0.2) is 32.1 Å². The minimum atomic E-state index is -1.01. The maximum atomic E-state index is 12.2. The lowest BCUT2D eigenvalue weighted by Crippen LogP contribution is -2.30. The van der Waals surface area contributed by atoms with Gasteiger partial charge in [-0.2, -0.15) is 0 Å². The molecule has 25 heavy (non-hydrogen) atoms. The number of hydrogen-bond acceptors (Lipinski definition) is 4. The van der Waals surface area contributed by atoms with Crippen LogP contribution in [0.4, 0.5) is 11.4 Å². The third-order valence-electron chi connectivity index (χ3n) is 3.47. The summed E-state index contributed by atoms with van der Waals surface area (Å²) in [5, 5.41) is 3.03. The zero-order valence-corrected chi connectivity index (χ0v) is 15.6. The average molecular weight is 381 g/mol. The van der Waals surface area contributed by atoms with Crippen LogP contribution in [-0.2, 0) is 9.53 Å². The number of ether oxygens (including phenoxy) is 1. The predicted molar refractivity (Wildman–Crippen MR) is 101 cm³/mol. The number of carbonyl (C=O) groups excluding carboxylic acids is 2. The second kappa shape index (κ2) is 8.23. The number of rotatable bonds is 5. The van der Waals surface area contributed by atoms with E-state index in [4.69, 9.17) is 27.9 Å². The Morgan fingerprint density at radius 3 is 2.12 bits per heavy atom. The van der Waals surface area contributed by atoms with Gasteiger partial charge in [-0.05, 0) is 43.3 Å². The van der Waals surface area contributed by atoms with Gasteiger partial charge in [0.05, 0.1) is 15.6 Å². The highest BCUT2D eigenvalue weighted by Crippen LogP contribution is 2.25. The molecule has 0 saturated heterocycles. The highest BCUT2D eigenvalue weighted by atomic mass is 35.5. The van der Waals surface area contributed by atoms with Crippen LogP contribution in [0.15, 0.2) is 42.5 Å². The Hall–Kier alpha value is -2.24. The Morgan fingerprint density at radius 1 is 1.04 bits per heavy atom. The molecule has 0 radical (unpaired) electrons. The number of amides is 1. The first-order valence-electron chi connectivity index (χ1n) is 7.53. The molecule has 0 aliphatic heterocycles. The van der Waals surface area contributed by atoms with E-state index in [1.165, 1.54) is 19.1 Å². The van der Waals surface area contributed by atoms with Crippen molar-refractivity contribution < 1.29 is 14.3 Å². The molecule has 0 aliphatic carbocycles. The zero-order valence-electron chi connectivity index (χ0n) is 14.0. The first-order valence-corrected chi connectivity index (χ1v) is 8.28. The summed E-state index contributed by atoms with van der Waals surface area (Å²) in [6.07, 6.45) is -1.01. The summed E-state index contributed by atoms with van der Waals surface area (Å²) in [5.41, 5.74) is 1.65. The van der Waals surface area contributed by atoms with Gasteiger partial charge < -0.3 is 15.0 Å². The molecule has 0 unspecified atom stereocenters. The molecule has 0 heterocycles. The molecule has 0 saturated carbocycles. The Morgan fingerprint density at radius 2 is 1.60 bits per heavy atom. The van der Waals surface area contributed by atoms with Crippen molar-refractivity contribution in [3.05, 3.63) is 58.1 Å². The molecule has 0 bridgehead atoms. The molecule has 1 atom stereocenters. The fourth-order valence-corrected chi connectivity index (χ4v) is 2.60. The molecule has 2 aromatic rings. The second-order valence-electron chi connectivity index (χ2n) is 5.57. The lowest BCUT2D eigenvalue weighted by Gasteiger charge is -2.16. The third kappa shape index (κ3) is 4.87. The van der Waals surface area contributed by atoms with Crippen molar-refractivity contribution in [1.29, 1.82) is 0 Å². The largest absolute Gasteiger partial charge is 0.449 e. The van der Waals surface area contributed by atoms with Gasteiger partial charge in [-0.15, -0.1) is 0 Å². The quantitative estimate of drug-likeness (QED) is 0.787. The molecule has 132 valence electrons. The lowest BCUT2D eigenvalue weighted by molar-refractivity contribution is -0.123. The van der Waals surface area contributed by atoms with Crippen LogP contribution in [0.1, 0.15) is 17.3 Å². The summed E-state index contributed by atoms with van der Waals surface area (Å²) >= 11 is 11.9. The van der Waals surface area contributed by atoms with E-state index in [2.05, 4.69) is 5.32 Å². The number of carbonyl (C=O) groups is 2. The van der Waals surface area contributed by atoms with Gasteiger partial charge in [0, 0.05) is 25.5 Å². The minimum Gasteiger partial charge on any atom is -0.449 e. The Balaban J connectivity index is 2.01. The maximum Gasteiger partial charge on any atom is 0.341 e. The molecule has 2 aromatic carbocycles. The van der Waals surface area contributed by atoms with Crippen molar-refractivity contribution in [3.8, 4) is 0 Å². The molecule has 0 fully saturated rings. The zero-order chi connectivity index (χ0) is 18.6. The number of nitrogens with zero attached hydrogens (tertiary/aromatic N) is 1. The van der Waals surface area contributed by atoms with Gasteiger partial charge in [0.25, 0.3) is 5.91 Å².